The standard InChI is InChI=1S/C7H10N3S/c1-2-9-6(5-8-1)7-10-3-4-11-7/h3-4,6,8H,1-2,5H2. The second kappa shape index (κ2) is 3.30. The van der Waals surface area contributed by atoms with Crippen LogP contribution in [0.15, 0.2) is 11.6 Å². The van der Waals surface area contributed by atoms with Gasteiger partial charge >= 0.3 is 0 Å². The molecule has 4 heteroatoms. The summed E-state index contributed by atoms with van der Waals surface area (Å²) in [5, 5.41) is 10.9. The lowest BCUT2D eigenvalue weighted by Gasteiger charge is -2.20. The summed E-state index contributed by atoms with van der Waals surface area (Å²) in [7, 11) is 0. The second-order valence-corrected chi connectivity index (χ2v) is 3.42. The molecular weight excluding hydrogens is 158 g/mol. The molecule has 0 aromatic carbocycles. The van der Waals surface area contributed by atoms with Crippen LogP contribution in [-0.4, -0.2) is 24.6 Å². The number of piperazine rings is 1. The fourth-order valence-electron chi connectivity index (χ4n) is 1.17. The highest BCUT2D eigenvalue weighted by molar-refractivity contribution is 7.09. The molecule has 0 spiro atoms. The predicted octanol–water partition coefficient (Wildman–Crippen LogP) is 0.392. The third-order valence-electron chi connectivity index (χ3n) is 1.71. The molecule has 2 rings (SSSR count). The summed E-state index contributed by atoms with van der Waals surface area (Å²) in [5.41, 5.74) is 0. The molecule has 1 radical (unpaired) electrons. The molecule has 1 aromatic rings. The Morgan fingerprint density at radius 3 is 3.27 bits per heavy atom. The lowest BCUT2D eigenvalue weighted by molar-refractivity contribution is 0.420. The van der Waals surface area contributed by atoms with Crippen LogP contribution in [0.2, 0.25) is 0 Å². The van der Waals surface area contributed by atoms with E-state index in [0.29, 0.717) is 6.04 Å². The lowest BCUT2D eigenvalue weighted by atomic mass is 10.2. The Labute approximate surface area is 69.8 Å². The summed E-state index contributed by atoms with van der Waals surface area (Å²) >= 11 is 1.68. The first kappa shape index (κ1) is 7.21. The predicted molar refractivity (Wildman–Crippen MR) is 44.7 cm³/mol. The van der Waals surface area contributed by atoms with Crippen molar-refractivity contribution >= 4 is 11.3 Å². The van der Waals surface area contributed by atoms with Crippen molar-refractivity contribution in [1.82, 2.24) is 15.6 Å². The van der Waals surface area contributed by atoms with Crippen molar-refractivity contribution < 1.29 is 0 Å². The van der Waals surface area contributed by atoms with Crippen molar-refractivity contribution in [1.29, 1.82) is 0 Å². The zero-order chi connectivity index (χ0) is 7.52. The maximum Gasteiger partial charge on any atom is 0.112 e. The number of rotatable bonds is 1. The molecule has 1 N–H and O–H groups in total. The van der Waals surface area contributed by atoms with Crippen molar-refractivity contribution in [3.63, 3.8) is 0 Å². The SMILES string of the molecule is c1csc(C2CNCC[N]2)n1. The molecule has 59 valence electrons. The highest BCUT2D eigenvalue weighted by Gasteiger charge is 2.16. The van der Waals surface area contributed by atoms with Crippen LogP contribution in [0, 0.1) is 0 Å². The van der Waals surface area contributed by atoms with E-state index in [4.69, 9.17) is 0 Å². The molecule has 1 fully saturated rings. The topological polar surface area (TPSA) is 39.0 Å². The molecule has 1 unspecified atom stereocenters. The van der Waals surface area contributed by atoms with Crippen LogP contribution in [0.4, 0.5) is 0 Å². The maximum atomic E-state index is 4.46. The molecular formula is C7H10N3S. The van der Waals surface area contributed by atoms with E-state index in [2.05, 4.69) is 15.6 Å². The third kappa shape index (κ3) is 1.58. The largest absolute Gasteiger partial charge is 0.313 e. The van der Waals surface area contributed by atoms with Crippen LogP contribution >= 0.6 is 11.3 Å². The molecule has 0 amide bonds. The highest BCUT2D eigenvalue weighted by atomic mass is 32.1. The Morgan fingerprint density at radius 2 is 2.64 bits per heavy atom. The lowest BCUT2D eigenvalue weighted by Crippen LogP contribution is -2.38. The first-order valence-corrected chi connectivity index (χ1v) is 4.61. The van der Waals surface area contributed by atoms with Gasteiger partial charge in [0, 0.05) is 31.2 Å². The summed E-state index contributed by atoms with van der Waals surface area (Å²) in [6, 6.07) is 0.309. The molecule has 1 saturated heterocycles. The van der Waals surface area contributed by atoms with Gasteiger partial charge in [-0.05, 0) is 0 Å². The number of thiazole rings is 1. The number of hydrogen-bond acceptors (Lipinski definition) is 3. The van der Waals surface area contributed by atoms with E-state index >= 15 is 0 Å². The highest BCUT2D eigenvalue weighted by Crippen LogP contribution is 2.16. The van der Waals surface area contributed by atoms with Crippen molar-refractivity contribution in [2.24, 2.45) is 0 Å². The Morgan fingerprint density at radius 1 is 1.64 bits per heavy atom. The van der Waals surface area contributed by atoms with E-state index < -0.39 is 0 Å². The van der Waals surface area contributed by atoms with Crippen LogP contribution in [0.3, 0.4) is 0 Å². The van der Waals surface area contributed by atoms with Gasteiger partial charge in [-0.15, -0.1) is 11.3 Å². The maximum absolute atomic E-state index is 4.46. The van der Waals surface area contributed by atoms with Gasteiger partial charge < -0.3 is 5.32 Å². The van der Waals surface area contributed by atoms with Crippen molar-refractivity contribution in [2.45, 2.75) is 6.04 Å². The van der Waals surface area contributed by atoms with Gasteiger partial charge in [-0.1, -0.05) is 0 Å². The van der Waals surface area contributed by atoms with Gasteiger partial charge in [0.2, 0.25) is 0 Å². The molecule has 1 aliphatic heterocycles. The van der Waals surface area contributed by atoms with Gasteiger partial charge in [-0.25, -0.2) is 10.3 Å². The molecule has 0 aliphatic carbocycles. The van der Waals surface area contributed by atoms with Gasteiger partial charge in [0.1, 0.15) is 5.01 Å². The smallest absolute Gasteiger partial charge is 0.112 e. The van der Waals surface area contributed by atoms with Crippen LogP contribution in [0.25, 0.3) is 0 Å². The minimum atomic E-state index is 0.309. The molecule has 2 heterocycles. The summed E-state index contributed by atoms with van der Waals surface area (Å²) in [5.74, 6) is 0. The average Bonchev–Trinajstić information content (AvgIpc) is 2.58. The molecule has 1 aliphatic rings. The van der Waals surface area contributed by atoms with E-state index in [1.807, 2.05) is 11.6 Å². The Kier molecular flexibility index (Phi) is 2.16. The molecule has 0 bridgehead atoms. The number of nitrogens with zero attached hydrogens (tertiary/aromatic N) is 2. The monoisotopic (exact) mass is 168 g/mol. The number of nitrogens with one attached hydrogen (secondary N) is 1. The molecule has 11 heavy (non-hydrogen) atoms. The van der Waals surface area contributed by atoms with Crippen molar-refractivity contribution in [3.05, 3.63) is 16.6 Å². The minimum absolute atomic E-state index is 0.309. The van der Waals surface area contributed by atoms with Crippen LogP contribution in [0.1, 0.15) is 11.0 Å². The summed E-state index contributed by atoms with van der Waals surface area (Å²) < 4.78 is 0. The summed E-state index contributed by atoms with van der Waals surface area (Å²) in [4.78, 5) is 4.22. The van der Waals surface area contributed by atoms with E-state index in [0.717, 1.165) is 24.6 Å². The van der Waals surface area contributed by atoms with Crippen molar-refractivity contribution in [3.8, 4) is 0 Å². The molecule has 3 nitrogen and oxygen atoms in total. The quantitative estimate of drug-likeness (QED) is 0.659. The van der Waals surface area contributed by atoms with E-state index in [1.165, 1.54) is 0 Å². The van der Waals surface area contributed by atoms with Crippen LogP contribution in [-0.2, 0) is 0 Å². The average molecular weight is 168 g/mol. The fourth-order valence-corrected chi connectivity index (χ4v) is 1.87. The Hall–Kier alpha value is -0.450. The normalized spacial score (nSPS) is 25.3. The van der Waals surface area contributed by atoms with E-state index in [-0.39, 0.29) is 0 Å². The fraction of sp³-hybridized carbons (Fsp3) is 0.571. The zero-order valence-corrected chi connectivity index (χ0v) is 6.97. The van der Waals surface area contributed by atoms with Crippen molar-refractivity contribution in [2.75, 3.05) is 19.6 Å². The first-order valence-electron chi connectivity index (χ1n) is 3.73. The van der Waals surface area contributed by atoms with Gasteiger partial charge in [0.15, 0.2) is 0 Å². The van der Waals surface area contributed by atoms with Gasteiger partial charge in [0.25, 0.3) is 0 Å². The molecule has 1 atom stereocenters. The van der Waals surface area contributed by atoms with Gasteiger partial charge in [0.05, 0.1) is 6.04 Å². The van der Waals surface area contributed by atoms with E-state index in [9.17, 15) is 0 Å². The minimum Gasteiger partial charge on any atom is -0.313 e. The first-order chi connectivity index (χ1) is 5.47. The summed E-state index contributed by atoms with van der Waals surface area (Å²) in [6.45, 7) is 2.89. The summed E-state index contributed by atoms with van der Waals surface area (Å²) in [6.07, 6.45) is 1.84. The van der Waals surface area contributed by atoms with Crippen LogP contribution < -0.4 is 10.6 Å². The van der Waals surface area contributed by atoms with Gasteiger partial charge in [-0.3, -0.25) is 0 Å². The zero-order valence-electron chi connectivity index (χ0n) is 6.16. The number of aromatic nitrogens is 1. The van der Waals surface area contributed by atoms with Crippen LogP contribution in [0.5, 0.6) is 0 Å². The number of hydrogen-bond donors (Lipinski definition) is 1. The Balaban J connectivity index is 2.04. The Bertz CT molecular complexity index is 203. The van der Waals surface area contributed by atoms with E-state index in [1.54, 1.807) is 11.3 Å². The molecule has 0 saturated carbocycles. The molecule has 1 aromatic heterocycles. The second-order valence-electron chi connectivity index (χ2n) is 2.50. The third-order valence-corrected chi connectivity index (χ3v) is 2.59. The van der Waals surface area contributed by atoms with Gasteiger partial charge in [-0.2, -0.15) is 0 Å².